The molecule has 1 unspecified atom stereocenters. The topological polar surface area (TPSA) is 0 Å². The van der Waals surface area contributed by atoms with Crippen LogP contribution in [0.1, 0.15) is 15.3 Å². The van der Waals surface area contributed by atoms with Gasteiger partial charge in [-0.05, 0) is 29.1 Å². The predicted octanol–water partition coefficient (Wildman–Crippen LogP) is 4.99. The first kappa shape index (κ1) is 10.4. The molecule has 0 N–H and O–H groups in total. The summed E-state index contributed by atoms with van der Waals surface area (Å²) < 4.78 is 1.12. The van der Waals surface area contributed by atoms with Crippen LogP contribution in [0.2, 0.25) is 0 Å². The Bertz CT molecular complexity index is 409. The number of benzene rings is 1. The lowest BCUT2D eigenvalue weighted by Gasteiger charge is -2.07. The zero-order valence-corrected chi connectivity index (χ0v) is 11.3. The van der Waals surface area contributed by atoms with E-state index < -0.39 is 0 Å². The van der Waals surface area contributed by atoms with Crippen molar-refractivity contribution in [3.8, 4) is 0 Å². The van der Waals surface area contributed by atoms with Crippen molar-refractivity contribution in [1.82, 2.24) is 0 Å². The van der Waals surface area contributed by atoms with Crippen molar-refractivity contribution in [2.45, 2.75) is 4.83 Å². The van der Waals surface area contributed by atoms with Crippen molar-refractivity contribution < 1.29 is 0 Å². The van der Waals surface area contributed by atoms with Crippen LogP contribution in [0.3, 0.4) is 0 Å². The van der Waals surface area contributed by atoms with Crippen LogP contribution < -0.4 is 0 Å². The van der Waals surface area contributed by atoms with E-state index in [0.29, 0.717) is 4.83 Å². The van der Waals surface area contributed by atoms with Crippen molar-refractivity contribution in [3.05, 3.63) is 56.7 Å². The number of hydrogen-bond donors (Lipinski definition) is 0. The summed E-state index contributed by atoms with van der Waals surface area (Å²) >= 11 is 8.94. The highest BCUT2D eigenvalue weighted by atomic mass is 79.9. The highest BCUT2D eigenvalue weighted by Crippen LogP contribution is 2.34. The first-order valence-electron chi connectivity index (χ1n) is 4.20. The Morgan fingerprint density at radius 1 is 1.14 bits per heavy atom. The van der Waals surface area contributed by atoms with E-state index in [1.165, 1.54) is 10.4 Å². The van der Waals surface area contributed by atoms with Gasteiger partial charge >= 0.3 is 0 Å². The molecular weight excluding hydrogens is 324 g/mol. The molecule has 0 aliphatic rings. The van der Waals surface area contributed by atoms with Crippen LogP contribution in [-0.2, 0) is 0 Å². The second kappa shape index (κ2) is 4.60. The van der Waals surface area contributed by atoms with Crippen LogP contribution in [0.15, 0.2) is 46.3 Å². The largest absolute Gasteiger partial charge is 0.147 e. The van der Waals surface area contributed by atoms with Gasteiger partial charge in [0.2, 0.25) is 0 Å². The monoisotopic (exact) mass is 330 g/mol. The molecule has 0 fully saturated rings. The number of halogens is 2. The molecule has 0 aliphatic carbocycles. The smallest absolute Gasteiger partial charge is 0.0738 e. The van der Waals surface area contributed by atoms with Gasteiger partial charge in [0.1, 0.15) is 0 Å². The lowest BCUT2D eigenvalue weighted by atomic mass is 10.1. The van der Waals surface area contributed by atoms with Gasteiger partial charge in [0.05, 0.1) is 4.83 Å². The normalized spacial score (nSPS) is 12.7. The number of thiophene rings is 1. The van der Waals surface area contributed by atoms with Gasteiger partial charge in [-0.3, -0.25) is 0 Å². The molecule has 0 aliphatic heterocycles. The van der Waals surface area contributed by atoms with Gasteiger partial charge in [-0.1, -0.05) is 50.1 Å². The molecule has 0 saturated carbocycles. The third-order valence-corrected chi connectivity index (χ3v) is 4.69. The second-order valence-corrected chi connectivity index (χ2v) is 5.74. The Kier molecular flexibility index (Phi) is 3.42. The SMILES string of the molecule is Brc1cccc(C(Br)c2cccs2)c1. The first-order chi connectivity index (χ1) is 6.77. The van der Waals surface area contributed by atoms with E-state index in [4.69, 9.17) is 0 Å². The zero-order chi connectivity index (χ0) is 9.97. The fourth-order valence-electron chi connectivity index (χ4n) is 1.26. The summed E-state index contributed by atoms with van der Waals surface area (Å²) in [5, 5.41) is 2.10. The number of alkyl halides is 1. The van der Waals surface area contributed by atoms with E-state index in [-0.39, 0.29) is 0 Å². The van der Waals surface area contributed by atoms with Crippen molar-refractivity contribution in [1.29, 1.82) is 0 Å². The van der Waals surface area contributed by atoms with Gasteiger partial charge in [-0.15, -0.1) is 11.3 Å². The minimum Gasteiger partial charge on any atom is -0.147 e. The fourth-order valence-corrected chi connectivity index (χ4v) is 3.17. The van der Waals surface area contributed by atoms with Crippen LogP contribution in [0, 0.1) is 0 Å². The molecule has 0 nitrogen and oxygen atoms in total. The maximum atomic E-state index is 3.70. The third kappa shape index (κ3) is 2.27. The minimum absolute atomic E-state index is 0.306. The highest BCUT2D eigenvalue weighted by Gasteiger charge is 2.10. The lowest BCUT2D eigenvalue weighted by molar-refractivity contribution is 1.22. The summed E-state index contributed by atoms with van der Waals surface area (Å²) in [5.74, 6) is 0. The molecule has 1 aromatic carbocycles. The standard InChI is InChI=1S/C11H8Br2S/c12-9-4-1-3-8(7-9)11(13)10-5-2-6-14-10/h1-7,11H. The van der Waals surface area contributed by atoms with E-state index in [1.54, 1.807) is 11.3 Å². The van der Waals surface area contributed by atoms with E-state index in [9.17, 15) is 0 Å². The third-order valence-electron chi connectivity index (χ3n) is 1.93. The van der Waals surface area contributed by atoms with Gasteiger partial charge in [0.25, 0.3) is 0 Å². The molecular formula is C11H8Br2S. The molecule has 2 rings (SSSR count). The number of rotatable bonds is 2. The zero-order valence-electron chi connectivity index (χ0n) is 7.28. The van der Waals surface area contributed by atoms with Gasteiger partial charge in [0, 0.05) is 9.35 Å². The van der Waals surface area contributed by atoms with Crippen molar-refractivity contribution >= 4 is 43.2 Å². The summed E-state index contributed by atoms with van der Waals surface area (Å²) in [6, 6.07) is 12.6. The predicted molar refractivity (Wildman–Crippen MR) is 69.2 cm³/mol. The summed E-state index contributed by atoms with van der Waals surface area (Å²) in [5.41, 5.74) is 1.28. The Morgan fingerprint density at radius 2 is 2.00 bits per heavy atom. The molecule has 0 radical (unpaired) electrons. The van der Waals surface area contributed by atoms with E-state index in [0.717, 1.165) is 4.47 Å². The molecule has 2 aromatic rings. The van der Waals surface area contributed by atoms with Crippen LogP contribution in [0.25, 0.3) is 0 Å². The minimum atomic E-state index is 0.306. The van der Waals surface area contributed by atoms with Gasteiger partial charge in [0.15, 0.2) is 0 Å². The molecule has 0 bridgehead atoms. The Morgan fingerprint density at radius 3 is 2.64 bits per heavy atom. The molecule has 3 heteroatoms. The molecule has 1 heterocycles. The molecule has 14 heavy (non-hydrogen) atoms. The molecule has 0 saturated heterocycles. The van der Waals surface area contributed by atoms with Crippen LogP contribution in [-0.4, -0.2) is 0 Å². The average Bonchev–Trinajstić information content (AvgIpc) is 2.69. The average molecular weight is 332 g/mol. The Balaban J connectivity index is 2.32. The maximum absolute atomic E-state index is 3.70. The molecule has 72 valence electrons. The van der Waals surface area contributed by atoms with Gasteiger partial charge in [-0.2, -0.15) is 0 Å². The summed E-state index contributed by atoms with van der Waals surface area (Å²) in [7, 11) is 0. The van der Waals surface area contributed by atoms with Crippen LogP contribution in [0.4, 0.5) is 0 Å². The lowest BCUT2D eigenvalue weighted by Crippen LogP contribution is -1.88. The van der Waals surface area contributed by atoms with Crippen LogP contribution in [0.5, 0.6) is 0 Å². The van der Waals surface area contributed by atoms with Crippen molar-refractivity contribution in [2.75, 3.05) is 0 Å². The van der Waals surface area contributed by atoms with Crippen molar-refractivity contribution in [3.63, 3.8) is 0 Å². The quantitative estimate of drug-likeness (QED) is 0.680. The van der Waals surface area contributed by atoms with E-state index in [1.807, 2.05) is 6.07 Å². The van der Waals surface area contributed by atoms with E-state index in [2.05, 4.69) is 67.6 Å². The fraction of sp³-hybridized carbons (Fsp3) is 0.0909. The molecule has 1 aromatic heterocycles. The molecule has 0 amide bonds. The van der Waals surface area contributed by atoms with Gasteiger partial charge in [-0.25, -0.2) is 0 Å². The highest BCUT2D eigenvalue weighted by molar-refractivity contribution is 9.10. The Hall–Kier alpha value is -0.120. The van der Waals surface area contributed by atoms with Crippen LogP contribution >= 0.6 is 43.2 Å². The number of hydrogen-bond acceptors (Lipinski definition) is 1. The maximum Gasteiger partial charge on any atom is 0.0738 e. The summed E-state index contributed by atoms with van der Waals surface area (Å²) in [6.45, 7) is 0. The van der Waals surface area contributed by atoms with Gasteiger partial charge < -0.3 is 0 Å². The van der Waals surface area contributed by atoms with E-state index >= 15 is 0 Å². The molecule has 0 spiro atoms. The summed E-state index contributed by atoms with van der Waals surface area (Å²) in [6.07, 6.45) is 0. The molecule has 1 atom stereocenters. The first-order valence-corrected chi connectivity index (χ1v) is 6.79. The Labute approximate surface area is 104 Å². The van der Waals surface area contributed by atoms with Crippen molar-refractivity contribution in [2.24, 2.45) is 0 Å². The summed E-state index contributed by atoms with van der Waals surface area (Å²) in [4.78, 5) is 1.64. The second-order valence-electron chi connectivity index (χ2n) is 2.93.